The van der Waals surface area contributed by atoms with Gasteiger partial charge in [0.2, 0.25) is 0 Å². The smallest absolute Gasteiger partial charge is 0.427 e. The molecule has 0 aliphatic heterocycles. The topological polar surface area (TPSA) is 66.5 Å². The third-order valence-corrected chi connectivity index (χ3v) is 4.28. The van der Waals surface area contributed by atoms with Gasteiger partial charge < -0.3 is 15.8 Å². The summed E-state index contributed by atoms with van der Waals surface area (Å²) in [7, 11) is -1.15. The first-order valence-corrected chi connectivity index (χ1v) is 7.60. The van der Waals surface area contributed by atoms with Gasteiger partial charge in [0.15, 0.2) is 0 Å². The first-order valence-electron chi connectivity index (χ1n) is 7.60. The molecule has 0 aromatic carbocycles. The largest absolute Gasteiger partial charge is 0.451 e. The molecule has 18 heavy (non-hydrogen) atoms. The number of nitrogens with two attached hydrogens (primary N) is 1. The molecule has 1 saturated carbocycles. The minimum Gasteiger partial charge on any atom is -0.427 e. The van der Waals surface area contributed by atoms with Crippen LogP contribution < -0.4 is 5.73 Å². The second-order valence-electron chi connectivity index (χ2n) is 6.50. The van der Waals surface area contributed by atoms with E-state index in [-0.39, 0.29) is 0 Å². The molecule has 4 N–H and O–H groups in total. The fourth-order valence-corrected chi connectivity index (χ4v) is 2.88. The SMILES string of the molecule is CC(C)CCC1CC(C(N)CCCCB(O)O)C1. The van der Waals surface area contributed by atoms with Crippen molar-refractivity contribution in [2.75, 3.05) is 0 Å². The fourth-order valence-electron chi connectivity index (χ4n) is 2.88. The van der Waals surface area contributed by atoms with Gasteiger partial charge in [-0.2, -0.15) is 0 Å². The van der Waals surface area contributed by atoms with E-state index >= 15 is 0 Å². The minimum atomic E-state index is -1.15. The minimum absolute atomic E-state index is 0.330. The zero-order chi connectivity index (χ0) is 13.5. The molecule has 4 heteroatoms. The molecular formula is C14H30BNO2. The normalized spacial score (nSPS) is 25.0. The van der Waals surface area contributed by atoms with Crippen molar-refractivity contribution in [1.29, 1.82) is 0 Å². The number of hydrogen-bond donors (Lipinski definition) is 3. The maximum absolute atomic E-state index is 8.75. The molecule has 1 aliphatic rings. The van der Waals surface area contributed by atoms with E-state index in [4.69, 9.17) is 15.8 Å². The Labute approximate surface area is 112 Å². The first-order chi connectivity index (χ1) is 8.49. The van der Waals surface area contributed by atoms with E-state index in [2.05, 4.69) is 13.8 Å². The highest BCUT2D eigenvalue weighted by Crippen LogP contribution is 2.40. The van der Waals surface area contributed by atoms with E-state index in [1.54, 1.807) is 0 Å². The lowest BCUT2D eigenvalue weighted by molar-refractivity contribution is 0.140. The quantitative estimate of drug-likeness (QED) is 0.438. The molecular weight excluding hydrogens is 225 g/mol. The Morgan fingerprint density at radius 1 is 1.17 bits per heavy atom. The van der Waals surface area contributed by atoms with Crippen LogP contribution in [-0.2, 0) is 0 Å². The van der Waals surface area contributed by atoms with Gasteiger partial charge in [-0.25, -0.2) is 0 Å². The molecule has 106 valence electrons. The highest BCUT2D eigenvalue weighted by molar-refractivity contribution is 6.40. The van der Waals surface area contributed by atoms with Gasteiger partial charge in [-0.3, -0.25) is 0 Å². The van der Waals surface area contributed by atoms with E-state index in [9.17, 15) is 0 Å². The number of hydrogen-bond acceptors (Lipinski definition) is 3. The molecule has 1 atom stereocenters. The second kappa shape index (κ2) is 8.18. The second-order valence-corrected chi connectivity index (χ2v) is 6.50. The van der Waals surface area contributed by atoms with E-state index in [1.807, 2.05) is 0 Å². The average Bonchev–Trinajstić information content (AvgIpc) is 2.21. The monoisotopic (exact) mass is 255 g/mol. The van der Waals surface area contributed by atoms with Gasteiger partial charge in [0, 0.05) is 6.04 Å². The van der Waals surface area contributed by atoms with Crippen molar-refractivity contribution in [3.05, 3.63) is 0 Å². The molecule has 0 radical (unpaired) electrons. The molecule has 0 saturated heterocycles. The molecule has 3 nitrogen and oxygen atoms in total. The summed E-state index contributed by atoms with van der Waals surface area (Å²) in [4.78, 5) is 0. The van der Waals surface area contributed by atoms with Crippen molar-refractivity contribution in [3.63, 3.8) is 0 Å². The fraction of sp³-hybridized carbons (Fsp3) is 1.00. The van der Waals surface area contributed by atoms with Gasteiger partial charge in [-0.15, -0.1) is 0 Å². The van der Waals surface area contributed by atoms with Crippen LogP contribution >= 0.6 is 0 Å². The van der Waals surface area contributed by atoms with Crippen molar-refractivity contribution < 1.29 is 10.0 Å². The van der Waals surface area contributed by atoms with E-state index in [0.717, 1.165) is 37.0 Å². The zero-order valence-corrected chi connectivity index (χ0v) is 12.0. The summed E-state index contributed by atoms with van der Waals surface area (Å²) in [6.07, 6.45) is 8.76. The van der Waals surface area contributed by atoms with Crippen LogP contribution in [0.25, 0.3) is 0 Å². The average molecular weight is 255 g/mol. The third-order valence-electron chi connectivity index (χ3n) is 4.28. The van der Waals surface area contributed by atoms with Gasteiger partial charge >= 0.3 is 7.12 Å². The molecule has 0 bridgehead atoms. The number of rotatable bonds is 9. The highest BCUT2D eigenvalue weighted by atomic mass is 16.4. The maximum Gasteiger partial charge on any atom is 0.451 e. The standard InChI is InChI=1S/C14H30BNO2/c1-11(2)6-7-12-9-13(10-12)14(16)5-3-4-8-15(17)18/h11-14,17-18H,3-10,16H2,1-2H3. The van der Waals surface area contributed by atoms with Crippen molar-refractivity contribution in [1.82, 2.24) is 0 Å². The predicted octanol–water partition coefficient (Wildman–Crippen LogP) is 2.42. The Kier molecular flexibility index (Phi) is 7.27. The van der Waals surface area contributed by atoms with E-state index in [1.165, 1.54) is 25.7 Å². The van der Waals surface area contributed by atoms with Crippen molar-refractivity contribution in [2.45, 2.75) is 71.2 Å². The molecule has 1 fully saturated rings. The molecule has 0 heterocycles. The Morgan fingerprint density at radius 2 is 1.83 bits per heavy atom. The number of unbranched alkanes of at least 4 members (excludes halogenated alkanes) is 1. The molecule has 0 spiro atoms. The van der Waals surface area contributed by atoms with Crippen molar-refractivity contribution >= 4 is 7.12 Å². The van der Waals surface area contributed by atoms with Crippen LogP contribution in [0.3, 0.4) is 0 Å². The first kappa shape index (κ1) is 16.0. The lowest BCUT2D eigenvalue weighted by Crippen LogP contribution is -2.39. The van der Waals surface area contributed by atoms with Crippen LogP contribution in [0.5, 0.6) is 0 Å². The van der Waals surface area contributed by atoms with Crippen LogP contribution in [-0.4, -0.2) is 23.2 Å². The Morgan fingerprint density at radius 3 is 2.39 bits per heavy atom. The Balaban J connectivity index is 1.99. The van der Waals surface area contributed by atoms with Gasteiger partial charge in [-0.05, 0) is 43.3 Å². The van der Waals surface area contributed by atoms with E-state index in [0.29, 0.717) is 12.4 Å². The van der Waals surface area contributed by atoms with Crippen LogP contribution in [0.15, 0.2) is 0 Å². The van der Waals surface area contributed by atoms with Crippen molar-refractivity contribution in [2.24, 2.45) is 23.5 Å². The predicted molar refractivity (Wildman–Crippen MR) is 77.1 cm³/mol. The van der Waals surface area contributed by atoms with Crippen LogP contribution in [0.4, 0.5) is 0 Å². The van der Waals surface area contributed by atoms with Crippen molar-refractivity contribution in [3.8, 4) is 0 Å². The molecule has 0 amide bonds. The molecule has 0 aromatic rings. The maximum atomic E-state index is 8.75. The van der Waals surface area contributed by atoms with Gasteiger partial charge in [0.25, 0.3) is 0 Å². The molecule has 0 aromatic heterocycles. The summed E-state index contributed by atoms with van der Waals surface area (Å²) in [6, 6.07) is 0.330. The van der Waals surface area contributed by atoms with Crippen LogP contribution in [0, 0.1) is 17.8 Å². The van der Waals surface area contributed by atoms with Crippen LogP contribution in [0.1, 0.15) is 58.8 Å². The van der Waals surface area contributed by atoms with Crippen LogP contribution in [0.2, 0.25) is 6.32 Å². The zero-order valence-electron chi connectivity index (χ0n) is 12.0. The summed E-state index contributed by atoms with van der Waals surface area (Å²) in [5.74, 6) is 2.46. The Hall–Kier alpha value is -0.0551. The molecule has 1 aliphatic carbocycles. The summed E-state index contributed by atoms with van der Waals surface area (Å²) < 4.78 is 0. The van der Waals surface area contributed by atoms with Gasteiger partial charge in [0.05, 0.1) is 0 Å². The lowest BCUT2D eigenvalue weighted by Gasteiger charge is -2.39. The summed E-state index contributed by atoms with van der Waals surface area (Å²) in [5, 5.41) is 17.5. The van der Waals surface area contributed by atoms with Gasteiger partial charge in [-0.1, -0.05) is 39.5 Å². The molecule has 1 rings (SSSR count). The highest BCUT2D eigenvalue weighted by Gasteiger charge is 2.32. The van der Waals surface area contributed by atoms with Gasteiger partial charge in [0.1, 0.15) is 0 Å². The summed E-state index contributed by atoms with van der Waals surface area (Å²) >= 11 is 0. The lowest BCUT2D eigenvalue weighted by atomic mass is 9.68. The van der Waals surface area contributed by atoms with E-state index < -0.39 is 7.12 Å². The molecule has 1 unspecified atom stereocenters. The summed E-state index contributed by atoms with van der Waals surface area (Å²) in [5.41, 5.74) is 6.19. The summed E-state index contributed by atoms with van der Waals surface area (Å²) in [6.45, 7) is 4.58. The third kappa shape index (κ3) is 6.21. The Bertz CT molecular complexity index is 215.